The number of hydrogen-bond acceptors (Lipinski definition) is 5. The standard InChI is InChI=1S/C14H18FNO5/c1-14(2,3)21-13(18)16-11-10(15)8(7-17)6-9(19-4)12(11)20-5/h6-7H,1-5H3,(H,16,18). The monoisotopic (exact) mass is 299 g/mol. The summed E-state index contributed by atoms with van der Waals surface area (Å²) in [6.07, 6.45) is -0.554. The van der Waals surface area contributed by atoms with Gasteiger partial charge < -0.3 is 14.2 Å². The maximum absolute atomic E-state index is 14.2. The Morgan fingerprint density at radius 2 is 1.90 bits per heavy atom. The summed E-state index contributed by atoms with van der Waals surface area (Å²) >= 11 is 0. The molecule has 1 rings (SSSR count). The number of amides is 1. The van der Waals surface area contributed by atoms with Gasteiger partial charge in [-0.3, -0.25) is 10.1 Å². The first-order valence-corrected chi connectivity index (χ1v) is 6.13. The summed E-state index contributed by atoms with van der Waals surface area (Å²) < 4.78 is 29.3. The van der Waals surface area contributed by atoms with E-state index >= 15 is 0 Å². The van der Waals surface area contributed by atoms with Gasteiger partial charge in [-0.25, -0.2) is 9.18 Å². The van der Waals surface area contributed by atoms with Gasteiger partial charge >= 0.3 is 6.09 Å². The van der Waals surface area contributed by atoms with Gasteiger partial charge in [0.2, 0.25) is 0 Å². The SMILES string of the molecule is COc1cc(C=O)c(F)c(NC(=O)OC(C)(C)C)c1OC. The average Bonchev–Trinajstić information content (AvgIpc) is 2.38. The van der Waals surface area contributed by atoms with Crippen LogP contribution in [-0.2, 0) is 4.74 Å². The summed E-state index contributed by atoms with van der Waals surface area (Å²) in [5.74, 6) is -0.841. The van der Waals surface area contributed by atoms with Crippen LogP contribution in [0.4, 0.5) is 14.9 Å². The van der Waals surface area contributed by atoms with Crippen molar-refractivity contribution in [3.05, 3.63) is 17.4 Å². The molecule has 0 heterocycles. The molecule has 0 radical (unpaired) electrons. The minimum absolute atomic E-state index is 0.0357. The van der Waals surface area contributed by atoms with Gasteiger partial charge in [-0.1, -0.05) is 0 Å². The molecule has 1 aromatic rings. The number of hydrogen-bond donors (Lipinski definition) is 1. The number of rotatable bonds is 4. The Morgan fingerprint density at radius 3 is 2.33 bits per heavy atom. The second-order valence-electron chi connectivity index (χ2n) is 5.14. The molecule has 0 aliphatic carbocycles. The molecule has 0 aliphatic heterocycles. The molecule has 1 aromatic carbocycles. The first kappa shape index (κ1) is 16.7. The molecule has 0 spiro atoms. The van der Waals surface area contributed by atoms with Gasteiger partial charge in [-0.2, -0.15) is 0 Å². The van der Waals surface area contributed by atoms with Crippen LogP contribution in [0, 0.1) is 5.82 Å². The lowest BCUT2D eigenvalue weighted by molar-refractivity contribution is 0.0634. The second kappa shape index (κ2) is 6.43. The van der Waals surface area contributed by atoms with Gasteiger partial charge in [-0.15, -0.1) is 0 Å². The van der Waals surface area contributed by atoms with Crippen LogP contribution < -0.4 is 14.8 Å². The Hall–Kier alpha value is -2.31. The van der Waals surface area contributed by atoms with Crippen molar-refractivity contribution in [2.75, 3.05) is 19.5 Å². The molecule has 0 aromatic heterocycles. The van der Waals surface area contributed by atoms with Gasteiger partial charge in [0.05, 0.1) is 19.8 Å². The number of nitrogens with one attached hydrogen (secondary N) is 1. The van der Waals surface area contributed by atoms with Gasteiger partial charge in [0.1, 0.15) is 11.3 Å². The van der Waals surface area contributed by atoms with E-state index in [1.807, 2.05) is 0 Å². The van der Waals surface area contributed by atoms with Crippen LogP contribution in [0.1, 0.15) is 31.1 Å². The number of anilines is 1. The number of carbonyl (C=O) groups is 2. The Labute approximate surface area is 122 Å². The normalized spacial score (nSPS) is 10.8. The molecule has 0 saturated heterocycles. The van der Waals surface area contributed by atoms with E-state index in [1.165, 1.54) is 20.3 Å². The van der Waals surface area contributed by atoms with E-state index in [0.29, 0.717) is 6.29 Å². The van der Waals surface area contributed by atoms with Gasteiger partial charge in [0, 0.05) is 0 Å². The van der Waals surface area contributed by atoms with Crippen LogP contribution in [0.2, 0.25) is 0 Å². The Kier molecular flexibility index (Phi) is 5.12. The number of carbonyl (C=O) groups excluding carboxylic acids is 2. The van der Waals surface area contributed by atoms with Crippen molar-refractivity contribution >= 4 is 18.1 Å². The van der Waals surface area contributed by atoms with Crippen LogP contribution >= 0.6 is 0 Å². The molecule has 0 atom stereocenters. The first-order valence-electron chi connectivity index (χ1n) is 6.13. The predicted octanol–water partition coefficient (Wildman–Crippen LogP) is 3.00. The number of ether oxygens (including phenoxy) is 3. The molecular weight excluding hydrogens is 281 g/mol. The molecular formula is C14H18FNO5. The second-order valence-corrected chi connectivity index (χ2v) is 5.14. The summed E-state index contributed by atoms with van der Waals surface area (Å²) in [5, 5.41) is 2.24. The Balaban J connectivity index is 3.26. The third-order valence-corrected chi connectivity index (χ3v) is 2.39. The zero-order valence-electron chi connectivity index (χ0n) is 12.6. The lowest BCUT2D eigenvalue weighted by Crippen LogP contribution is -2.27. The van der Waals surface area contributed by atoms with E-state index in [0.717, 1.165) is 0 Å². The van der Waals surface area contributed by atoms with E-state index in [2.05, 4.69) is 5.32 Å². The lowest BCUT2D eigenvalue weighted by atomic mass is 10.1. The number of halogens is 1. The fourth-order valence-electron chi connectivity index (χ4n) is 1.59. The molecule has 0 fully saturated rings. The Morgan fingerprint density at radius 1 is 1.29 bits per heavy atom. The van der Waals surface area contributed by atoms with Crippen molar-refractivity contribution in [3.63, 3.8) is 0 Å². The number of aldehydes is 1. The van der Waals surface area contributed by atoms with E-state index in [1.54, 1.807) is 20.8 Å². The summed E-state index contributed by atoms with van der Waals surface area (Å²) in [4.78, 5) is 22.6. The highest BCUT2D eigenvalue weighted by atomic mass is 19.1. The van der Waals surface area contributed by atoms with Crippen molar-refractivity contribution in [1.29, 1.82) is 0 Å². The largest absolute Gasteiger partial charge is 0.493 e. The van der Waals surface area contributed by atoms with Crippen molar-refractivity contribution in [2.24, 2.45) is 0 Å². The molecule has 0 unspecified atom stereocenters. The zero-order valence-corrected chi connectivity index (χ0v) is 12.6. The molecule has 0 aliphatic rings. The van der Waals surface area contributed by atoms with E-state index < -0.39 is 17.5 Å². The quantitative estimate of drug-likeness (QED) is 0.865. The first-order chi connectivity index (χ1) is 9.73. The van der Waals surface area contributed by atoms with Gasteiger partial charge in [-0.05, 0) is 26.8 Å². The van der Waals surface area contributed by atoms with Crippen LogP contribution in [0.5, 0.6) is 11.5 Å². The topological polar surface area (TPSA) is 73.9 Å². The number of benzene rings is 1. The summed E-state index contributed by atoms with van der Waals surface area (Å²) in [5.41, 5.74) is -1.33. The molecule has 1 amide bonds. The van der Waals surface area contributed by atoms with Gasteiger partial charge in [0.15, 0.2) is 23.6 Å². The third kappa shape index (κ3) is 4.08. The molecule has 0 bridgehead atoms. The lowest BCUT2D eigenvalue weighted by Gasteiger charge is -2.21. The average molecular weight is 299 g/mol. The fraction of sp³-hybridized carbons (Fsp3) is 0.429. The molecule has 21 heavy (non-hydrogen) atoms. The molecule has 6 nitrogen and oxygen atoms in total. The van der Waals surface area contributed by atoms with E-state index in [9.17, 15) is 14.0 Å². The maximum atomic E-state index is 14.2. The maximum Gasteiger partial charge on any atom is 0.412 e. The fourth-order valence-corrected chi connectivity index (χ4v) is 1.59. The van der Waals surface area contributed by atoms with Crippen LogP contribution in [0.25, 0.3) is 0 Å². The van der Waals surface area contributed by atoms with Crippen LogP contribution in [0.3, 0.4) is 0 Å². The molecule has 116 valence electrons. The highest BCUT2D eigenvalue weighted by molar-refractivity contribution is 5.91. The molecule has 7 heteroatoms. The van der Waals surface area contributed by atoms with Gasteiger partial charge in [0.25, 0.3) is 0 Å². The summed E-state index contributed by atoms with van der Waals surface area (Å²) in [7, 11) is 2.62. The predicted molar refractivity (Wildman–Crippen MR) is 74.7 cm³/mol. The Bertz CT molecular complexity index is 551. The minimum Gasteiger partial charge on any atom is -0.493 e. The highest BCUT2D eigenvalue weighted by Gasteiger charge is 2.24. The van der Waals surface area contributed by atoms with Crippen LogP contribution in [0.15, 0.2) is 6.07 Å². The zero-order chi connectivity index (χ0) is 16.2. The minimum atomic E-state index is -0.923. The number of methoxy groups -OCH3 is 2. The molecule has 1 N–H and O–H groups in total. The van der Waals surface area contributed by atoms with E-state index in [-0.39, 0.29) is 22.7 Å². The van der Waals surface area contributed by atoms with Crippen molar-refractivity contribution in [2.45, 2.75) is 26.4 Å². The van der Waals surface area contributed by atoms with Crippen molar-refractivity contribution in [1.82, 2.24) is 0 Å². The highest BCUT2D eigenvalue weighted by Crippen LogP contribution is 2.39. The summed E-state index contributed by atoms with van der Waals surface area (Å²) in [6.45, 7) is 5.01. The van der Waals surface area contributed by atoms with Crippen LogP contribution in [-0.4, -0.2) is 32.2 Å². The van der Waals surface area contributed by atoms with E-state index in [4.69, 9.17) is 14.2 Å². The van der Waals surface area contributed by atoms with Crippen molar-refractivity contribution < 1.29 is 28.2 Å². The summed E-state index contributed by atoms with van der Waals surface area (Å²) in [6, 6.07) is 1.18. The molecule has 0 saturated carbocycles. The smallest absolute Gasteiger partial charge is 0.412 e. The van der Waals surface area contributed by atoms with Crippen molar-refractivity contribution in [3.8, 4) is 11.5 Å². The third-order valence-electron chi connectivity index (χ3n) is 2.39.